The Balaban J connectivity index is 1.07. The van der Waals surface area contributed by atoms with Crippen molar-refractivity contribution in [2.24, 2.45) is 0 Å². The summed E-state index contributed by atoms with van der Waals surface area (Å²) in [6.07, 6.45) is 0. The first-order valence-corrected chi connectivity index (χ1v) is 18.8. The number of para-hydroxylation sites is 3. The van der Waals surface area contributed by atoms with Crippen molar-refractivity contribution in [2.45, 2.75) is 0 Å². The average molecular weight is 718 g/mol. The molecule has 6 nitrogen and oxygen atoms in total. The second-order valence-electron chi connectivity index (χ2n) is 14.3. The number of fused-ring (bicyclic) bond motifs is 10. The van der Waals surface area contributed by atoms with Gasteiger partial charge in [0.1, 0.15) is 11.2 Å². The standard InChI is InChI=1S/C50H31N5O/c1-3-14-32(15-4-1)49-51-52-50(33-16-5-2-6-17-33)55(49)36-26-27-43-40(31-36)37-20-7-10-23-41(37)53(43)34-18-13-19-35(30-34)54-42-24-11-8-21-38(42)47-44(54)28-29-46-48(47)39-22-9-12-25-45(39)56-46/h1-31H. The fraction of sp³-hybridized carbons (Fsp3) is 0. The molecule has 262 valence electrons. The molecule has 0 amide bonds. The summed E-state index contributed by atoms with van der Waals surface area (Å²) in [5, 5.41) is 16.5. The highest BCUT2D eigenvalue weighted by Gasteiger charge is 2.21. The van der Waals surface area contributed by atoms with Gasteiger partial charge in [0.05, 0.1) is 27.8 Å². The highest BCUT2D eigenvalue weighted by atomic mass is 16.3. The first kappa shape index (κ1) is 30.7. The molecule has 4 aromatic heterocycles. The van der Waals surface area contributed by atoms with Crippen molar-refractivity contribution in [1.82, 2.24) is 23.9 Å². The SMILES string of the molecule is c1ccc(-c2nnc(-c3ccccc3)n2-c2ccc3c(c2)c2ccccc2n3-c2cccc(-n3c4ccccc4c4c5c(ccc43)oc3ccccc35)c2)cc1. The fourth-order valence-electron chi connectivity index (χ4n) is 8.78. The molecule has 56 heavy (non-hydrogen) atoms. The maximum atomic E-state index is 6.34. The Kier molecular flexibility index (Phi) is 6.53. The molecule has 0 unspecified atom stereocenters. The molecular formula is C50H31N5O. The smallest absolute Gasteiger partial charge is 0.168 e. The van der Waals surface area contributed by atoms with E-state index in [1.54, 1.807) is 0 Å². The van der Waals surface area contributed by atoms with Gasteiger partial charge >= 0.3 is 0 Å². The van der Waals surface area contributed by atoms with Gasteiger partial charge in [0.15, 0.2) is 11.6 Å². The molecule has 0 saturated carbocycles. The second kappa shape index (κ2) is 11.9. The lowest BCUT2D eigenvalue weighted by Crippen LogP contribution is -2.01. The molecule has 0 bridgehead atoms. The molecule has 0 radical (unpaired) electrons. The van der Waals surface area contributed by atoms with E-state index in [-0.39, 0.29) is 0 Å². The molecular weight excluding hydrogens is 687 g/mol. The van der Waals surface area contributed by atoms with Crippen LogP contribution in [0.15, 0.2) is 192 Å². The van der Waals surface area contributed by atoms with Gasteiger partial charge in [-0.2, -0.15) is 0 Å². The number of rotatable bonds is 5. The van der Waals surface area contributed by atoms with Crippen LogP contribution in [0.1, 0.15) is 0 Å². The van der Waals surface area contributed by atoms with Crippen LogP contribution in [0.5, 0.6) is 0 Å². The molecule has 0 spiro atoms. The van der Waals surface area contributed by atoms with Gasteiger partial charge in [-0.3, -0.25) is 4.57 Å². The van der Waals surface area contributed by atoms with E-state index in [1.807, 2.05) is 42.5 Å². The van der Waals surface area contributed by atoms with Crippen LogP contribution in [0.4, 0.5) is 0 Å². The van der Waals surface area contributed by atoms with Crippen LogP contribution >= 0.6 is 0 Å². The minimum absolute atomic E-state index is 0.798. The first-order chi connectivity index (χ1) is 27.8. The summed E-state index contributed by atoms with van der Waals surface area (Å²) >= 11 is 0. The summed E-state index contributed by atoms with van der Waals surface area (Å²) in [6, 6.07) is 66.2. The fourth-order valence-corrected chi connectivity index (χ4v) is 8.78. The van der Waals surface area contributed by atoms with E-state index >= 15 is 0 Å². The maximum Gasteiger partial charge on any atom is 0.168 e. The quantitative estimate of drug-likeness (QED) is 0.178. The monoisotopic (exact) mass is 717 g/mol. The third-order valence-corrected chi connectivity index (χ3v) is 11.2. The Morgan fingerprint density at radius 1 is 0.321 bits per heavy atom. The Morgan fingerprint density at radius 2 is 0.857 bits per heavy atom. The van der Waals surface area contributed by atoms with Gasteiger partial charge in [-0.1, -0.05) is 121 Å². The molecule has 12 aromatic rings. The molecule has 0 aliphatic carbocycles. The van der Waals surface area contributed by atoms with Gasteiger partial charge in [-0.05, 0) is 66.7 Å². The zero-order chi connectivity index (χ0) is 36.7. The summed E-state index contributed by atoms with van der Waals surface area (Å²) in [5.74, 6) is 1.60. The van der Waals surface area contributed by atoms with Crippen LogP contribution < -0.4 is 0 Å². The minimum atomic E-state index is 0.798. The molecule has 0 fully saturated rings. The normalized spacial score (nSPS) is 11.9. The lowest BCUT2D eigenvalue weighted by atomic mass is 10.1. The Bertz CT molecular complexity index is 3420. The number of nitrogens with zero attached hydrogens (tertiary/aromatic N) is 5. The van der Waals surface area contributed by atoms with E-state index in [2.05, 4.69) is 159 Å². The highest BCUT2D eigenvalue weighted by molar-refractivity contribution is 6.27. The van der Waals surface area contributed by atoms with Crippen molar-refractivity contribution in [3.05, 3.63) is 188 Å². The number of furan rings is 1. The van der Waals surface area contributed by atoms with Crippen molar-refractivity contribution in [1.29, 1.82) is 0 Å². The van der Waals surface area contributed by atoms with Crippen LogP contribution in [-0.2, 0) is 0 Å². The summed E-state index contributed by atoms with van der Waals surface area (Å²) in [7, 11) is 0. The number of hydrogen-bond acceptors (Lipinski definition) is 3. The molecule has 0 atom stereocenters. The van der Waals surface area contributed by atoms with Crippen LogP contribution in [0.2, 0.25) is 0 Å². The van der Waals surface area contributed by atoms with Crippen molar-refractivity contribution in [3.8, 4) is 39.8 Å². The van der Waals surface area contributed by atoms with Crippen molar-refractivity contribution < 1.29 is 4.42 Å². The van der Waals surface area contributed by atoms with E-state index in [0.717, 1.165) is 89.2 Å². The van der Waals surface area contributed by atoms with Crippen LogP contribution in [0, 0.1) is 0 Å². The Labute approximate surface area is 320 Å². The second-order valence-corrected chi connectivity index (χ2v) is 14.3. The molecule has 8 aromatic carbocycles. The molecule has 0 N–H and O–H groups in total. The van der Waals surface area contributed by atoms with E-state index in [0.29, 0.717) is 0 Å². The predicted molar refractivity (Wildman–Crippen MR) is 228 cm³/mol. The van der Waals surface area contributed by atoms with Crippen molar-refractivity contribution in [2.75, 3.05) is 0 Å². The molecule has 0 saturated heterocycles. The van der Waals surface area contributed by atoms with Gasteiger partial charge in [-0.15, -0.1) is 10.2 Å². The van der Waals surface area contributed by atoms with Crippen molar-refractivity contribution >= 4 is 65.6 Å². The lowest BCUT2D eigenvalue weighted by molar-refractivity contribution is 0.669. The van der Waals surface area contributed by atoms with Crippen LogP contribution in [0.3, 0.4) is 0 Å². The minimum Gasteiger partial charge on any atom is -0.456 e. The average Bonchev–Trinajstić information content (AvgIpc) is 4.03. The molecule has 4 heterocycles. The van der Waals surface area contributed by atoms with E-state index < -0.39 is 0 Å². The largest absolute Gasteiger partial charge is 0.456 e. The summed E-state index contributed by atoms with van der Waals surface area (Å²) < 4.78 is 13.3. The van der Waals surface area contributed by atoms with Crippen LogP contribution in [0.25, 0.3) is 105 Å². The van der Waals surface area contributed by atoms with Crippen LogP contribution in [-0.4, -0.2) is 23.9 Å². The zero-order valence-electron chi connectivity index (χ0n) is 30.0. The molecule has 0 aliphatic heterocycles. The van der Waals surface area contributed by atoms with E-state index in [1.165, 1.54) is 16.2 Å². The lowest BCUT2D eigenvalue weighted by Gasteiger charge is -2.14. The van der Waals surface area contributed by atoms with Gasteiger partial charge in [-0.25, -0.2) is 0 Å². The Hall–Kier alpha value is -7.70. The van der Waals surface area contributed by atoms with Gasteiger partial charge in [0, 0.05) is 54.8 Å². The van der Waals surface area contributed by atoms with Gasteiger partial charge in [0.25, 0.3) is 0 Å². The third-order valence-electron chi connectivity index (χ3n) is 11.2. The number of hydrogen-bond donors (Lipinski definition) is 0. The van der Waals surface area contributed by atoms with E-state index in [9.17, 15) is 0 Å². The topological polar surface area (TPSA) is 53.7 Å². The summed E-state index contributed by atoms with van der Waals surface area (Å²) in [6.45, 7) is 0. The zero-order valence-corrected chi connectivity index (χ0v) is 30.0. The summed E-state index contributed by atoms with van der Waals surface area (Å²) in [4.78, 5) is 0. The number of benzene rings is 8. The highest BCUT2D eigenvalue weighted by Crippen LogP contribution is 2.42. The van der Waals surface area contributed by atoms with Gasteiger partial charge < -0.3 is 13.6 Å². The van der Waals surface area contributed by atoms with Gasteiger partial charge in [0.2, 0.25) is 0 Å². The van der Waals surface area contributed by atoms with E-state index in [4.69, 9.17) is 14.6 Å². The number of aromatic nitrogens is 5. The molecule has 12 rings (SSSR count). The molecule has 6 heteroatoms. The third kappa shape index (κ3) is 4.44. The first-order valence-electron chi connectivity index (χ1n) is 18.8. The molecule has 0 aliphatic rings. The predicted octanol–water partition coefficient (Wildman–Crippen LogP) is 12.7. The Morgan fingerprint density at radius 3 is 1.57 bits per heavy atom. The maximum absolute atomic E-state index is 6.34. The summed E-state index contributed by atoms with van der Waals surface area (Å²) in [5.41, 5.74) is 11.6. The van der Waals surface area contributed by atoms with Crippen molar-refractivity contribution in [3.63, 3.8) is 0 Å².